The first-order valence-electron chi connectivity index (χ1n) is 9.01. The molecule has 0 fully saturated rings. The molecule has 2 aromatic carbocycles. The minimum Gasteiger partial charge on any atom is -0.494 e. The maximum absolute atomic E-state index is 12.0. The number of anilines is 1. The molecule has 150 valence electrons. The van der Waals surface area contributed by atoms with Crippen LogP contribution >= 0.6 is 11.8 Å². The Kier molecular flexibility index (Phi) is 7.23. The van der Waals surface area contributed by atoms with Crippen LogP contribution < -0.4 is 15.4 Å². The van der Waals surface area contributed by atoms with Gasteiger partial charge in [0.1, 0.15) is 18.4 Å². The van der Waals surface area contributed by atoms with Gasteiger partial charge in [0, 0.05) is 10.6 Å². The van der Waals surface area contributed by atoms with Gasteiger partial charge in [0.25, 0.3) is 0 Å². The van der Waals surface area contributed by atoms with Crippen molar-refractivity contribution in [1.82, 2.24) is 20.1 Å². The number of nitrogens with zero attached hydrogens (tertiary/aromatic N) is 3. The van der Waals surface area contributed by atoms with E-state index in [1.807, 2.05) is 43.3 Å². The van der Waals surface area contributed by atoms with Gasteiger partial charge in [-0.05, 0) is 55.5 Å². The van der Waals surface area contributed by atoms with Gasteiger partial charge in [-0.25, -0.2) is 9.67 Å². The average Bonchev–Trinajstić information content (AvgIpc) is 3.27. The third-order valence-corrected chi connectivity index (χ3v) is 4.80. The minimum atomic E-state index is -0.294. The van der Waals surface area contributed by atoms with E-state index in [0.29, 0.717) is 12.3 Å². The molecule has 9 heteroatoms. The number of ether oxygens (including phenoxy) is 1. The van der Waals surface area contributed by atoms with Gasteiger partial charge >= 0.3 is 0 Å². The highest BCUT2D eigenvalue weighted by Gasteiger charge is 2.07. The normalized spacial score (nSPS) is 10.4. The molecule has 0 saturated heterocycles. The Morgan fingerprint density at radius 1 is 1.07 bits per heavy atom. The third kappa shape index (κ3) is 6.35. The molecule has 0 spiro atoms. The first kappa shape index (κ1) is 20.4. The second kappa shape index (κ2) is 10.3. The summed E-state index contributed by atoms with van der Waals surface area (Å²) in [5.41, 5.74) is 1.47. The molecule has 0 aliphatic rings. The topological polar surface area (TPSA) is 98.1 Å². The standard InChI is InChI=1S/C20H21N5O3S/c1-2-28-17-7-9-18(10-8-17)29-12-20(27)22-11-19(26)24-15-3-5-16(6-4-15)25-14-21-13-23-25/h3-10,13-14H,2,11-12H2,1H3,(H,22,27)(H,24,26). The third-order valence-electron chi connectivity index (χ3n) is 3.79. The largest absolute Gasteiger partial charge is 0.494 e. The lowest BCUT2D eigenvalue weighted by molar-refractivity contribution is -0.122. The molecule has 8 nitrogen and oxygen atoms in total. The van der Waals surface area contributed by atoms with Gasteiger partial charge in [-0.2, -0.15) is 5.10 Å². The van der Waals surface area contributed by atoms with Crippen LogP contribution in [0.15, 0.2) is 66.1 Å². The van der Waals surface area contributed by atoms with Crippen LogP contribution in [0.25, 0.3) is 5.69 Å². The van der Waals surface area contributed by atoms with Crippen molar-refractivity contribution in [3.63, 3.8) is 0 Å². The van der Waals surface area contributed by atoms with Crippen LogP contribution in [-0.4, -0.2) is 45.5 Å². The van der Waals surface area contributed by atoms with Crippen molar-refractivity contribution in [3.8, 4) is 11.4 Å². The zero-order chi connectivity index (χ0) is 20.5. The lowest BCUT2D eigenvalue weighted by Crippen LogP contribution is -2.33. The molecule has 3 rings (SSSR count). The number of amides is 2. The van der Waals surface area contributed by atoms with E-state index in [1.54, 1.807) is 23.1 Å². The predicted octanol–water partition coefficient (Wildman–Crippen LogP) is 2.51. The molecule has 0 aliphatic heterocycles. The van der Waals surface area contributed by atoms with Gasteiger partial charge in [-0.15, -0.1) is 11.8 Å². The lowest BCUT2D eigenvalue weighted by Gasteiger charge is -2.08. The highest BCUT2D eigenvalue weighted by atomic mass is 32.2. The number of aromatic nitrogens is 3. The summed E-state index contributed by atoms with van der Waals surface area (Å²) < 4.78 is 7.00. The number of nitrogens with one attached hydrogen (secondary N) is 2. The number of thioether (sulfide) groups is 1. The molecule has 0 bridgehead atoms. The summed E-state index contributed by atoms with van der Waals surface area (Å²) in [6.07, 6.45) is 3.04. The molecule has 1 heterocycles. The molecule has 0 unspecified atom stereocenters. The van der Waals surface area contributed by atoms with Gasteiger partial charge in [-0.3, -0.25) is 9.59 Å². The number of carbonyl (C=O) groups excluding carboxylic acids is 2. The molecule has 2 N–H and O–H groups in total. The molecule has 0 saturated carbocycles. The zero-order valence-corrected chi connectivity index (χ0v) is 16.7. The van der Waals surface area contributed by atoms with Crippen LogP contribution in [0.2, 0.25) is 0 Å². The van der Waals surface area contributed by atoms with E-state index < -0.39 is 0 Å². The molecule has 0 aliphatic carbocycles. The summed E-state index contributed by atoms with van der Waals surface area (Å²) in [7, 11) is 0. The van der Waals surface area contributed by atoms with E-state index in [1.165, 1.54) is 18.1 Å². The summed E-state index contributed by atoms with van der Waals surface area (Å²) in [6, 6.07) is 14.7. The number of hydrogen-bond donors (Lipinski definition) is 2. The highest BCUT2D eigenvalue weighted by molar-refractivity contribution is 8.00. The average molecular weight is 411 g/mol. The molecule has 3 aromatic rings. The van der Waals surface area contributed by atoms with Gasteiger partial charge in [-0.1, -0.05) is 0 Å². The van der Waals surface area contributed by atoms with Crippen LogP contribution in [0, 0.1) is 0 Å². The Labute approximate surface area is 172 Å². The quantitative estimate of drug-likeness (QED) is 0.525. The van der Waals surface area contributed by atoms with Crippen LogP contribution in [0.3, 0.4) is 0 Å². The summed E-state index contributed by atoms with van der Waals surface area (Å²) >= 11 is 1.40. The molecule has 0 radical (unpaired) electrons. The monoisotopic (exact) mass is 411 g/mol. The van der Waals surface area contributed by atoms with Crippen molar-refractivity contribution in [3.05, 3.63) is 61.2 Å². The molecule has 2 amide bonds. The smallest absolute Gasteiger partial charge is 0.243 e. The SMILES string of the molecule is CCOc1ccc(SCC(=O)NCC(=O)Nc2ccc(-n3cncn3)cc2)cc1. The first-order valence-corrected chi connectivity index (χ1v) is 10.00. The van der Waals surface area contributed by atoms with Crippen molar-refractivity contribution in [2.45, 2.75) is 11.8 Å². The van der Waals surface area contributed by atoms with Crippen LogP contribution in [0.4, 0.5) is 5.69 Å². The van der Waals surface area contributed by atoms with E-state index in [2.05, 4.69) is 20.7 Å². The van der Waals surface area contributed by atoms with E-state index in [0.717, 1.165) is 16.3 Å². The number of rotatable bonds is 9. The van der Waals surface area contributed by atoms with E-state index in [9.17, 15) is 9.59 Å². The van der Waals surface area contributed by atoms with Crippen molar-refractivity contribution in [1.29, 1.82) is 0 Å². The zero-order valence-electron chi connectivity index (χ0n) is 15.9. The molecular weight excluding hydrogens is 390 g/mol. The summed E-state index contributed by atoms with van der Waals surface area (Å²) in [4.78, 5) is 28.8. The van der Waals surface area contributed by atoms with Crippen molar-refractivity contribution in [2.24, 2.45) is 0 Å². The number of hydrogen-bond acceptors (Lipinski definition) is 6. The van der Waals surface area contributed by atoms with Crippen molar-refractivity contribution < 1.29 is 14.3 Å². The highest BCUT2D eigenvalue weighted by Crippen LogP contribution is 2.21. The van der Waals surface area contributed by atoms with E-state index in [4.69, 9.17) is 4.74 Å². The Hall–Kier alpha value is -3.33. The van der Waals surface area contributed by atoms with Crippen LogP contribution in [-0.2, 0) is 9.59 Å². The maximum Gasteiger partial charge on any atom is 0.243 e. The fraction of sp³-hybridized carbons (Fsp3) is 0.200. The Bertz CT molecular complexity index is 928. The second-order valence-electron chi connectivity index (χ2n) is 5.90. The summed E-state index contributed by atoms with van der Waals surface area (Å²) in [5.74, 6) is 0.527. The number of carbonyl (C=O) groups is 2. The van der Waals surface area contributed by atoms with Crippen LogP contribution in [0.5, 0.6) is 5.75 Å². The summed E-state index contributed by atoms with van der Waals surface area (Å²) in [5, 5.41) is 9.40. The van der Waals surface area contributed by atoms with Gasteiger partial charge < -0.3 is 15.4 Å². The van der Waals surface area contributed by atoms with Crippen LogP contribution in [0.1, 0.15) is 6.92 Å². The lowest BCUT2D eigenvalue weighted by atomic mass is 10.3. The molecule has 29 heavy (non-hydrogen) atoms. The van der Waals surface area contributed by atoms with Gasteiger partial charge in [0.05, 0.1) is 24.6 Å². The van der Waals surface area contributed by atoms with Gasteiger partial charge in [0.2, 0.25) is 11.8 Å². The Balaban J connectivity index is 1.39. The maximum atomic E-state index is 12.0. The number of benzene rings is 2. The fourth-order valence-corrected chi connectivity index (χ4v) is 3.15. The van der Waals surface area contributed by atoms with Crippen molar-refractivity contribution in [2.75, 3.05) is 24.2 Å². The van der Waals surface area contributed by atoms with E-state index >= 15 is 0 Å². The van der Waals surface area contributed by atoms with Gasteiger partial charge in [0.15, 0.2) is 0 Å². The Morgan fingerprint density at radius 3 is 2.48 bits per heavy atom. The fourth-order valence-electron chi connectivity index (χ4n) is 2.42. The minimum absolute atomic E-state index is 0.0898. The van der Waals surface area contributed by atoms with Crippen molar-refractivity contribution >= 4 is 29.3 Å². The predicted molar refractivity (Wildman–Crippen MR) is 111 cm³/mol. The Morgan fingerprint density at radius 2 is 1.83 bits per heavy atom. The summed E-state index contributed by atoms with van der Waals surface area (Å²) in [6.45, 7) is 2.45. The molecule has 1 aromatic heterocycles. The van der Waals surface area contributed by atoms with E-state index in [-0.39, 0.29) is 24.1 Å². The molecular formula is C20H21N5O3S. The first-order chi connectivity index (χ1) is 14.1. The second-order valence-corrected chi connectivity index (χ2v) is 6.95. The molecule has 0 atom stereocenters.